The molecule has 7 nitrogen and oxygen atoms in total. The maximum absolute atomic E-state index is 13.0. The van der Waals surface area contributed by atoms with Gasteiger partial charge in [0.1, 0.15) is 5.69 Å². The summed E-state index contributed by atoms with van der Waals surface area (Å²) in [6, 6.07) is 3.75. The lowest BCUT2D eigenvalue weighted by Gasteiger charge is -2.24. The number of carbonyl (C=O) groups excluding carboxylic acids is 2. The van der Waals surface area contributed by atoms with Crippen molar-refractivity contribution in [3.8, 4) is 17.2 Å². The first-order valence-electron chi connectivity index (χ1n) is 10.1. The molecule has 1 aliphatic rings. The third kappa shape index (κ3) is 3.88. The smallest absolute Gasteiger partial charge is 0.355 e. The summed E-state index contributed by atoms with van der Waals surface area (Å²) < 4.78 is 21.7. The van der Waals surface area contributed by atoms with Crippen LogP contribution >= 0.6 is 0 Å². The number of methoxy groups -OCH3 is 3. The van der Waals surface area contributed by atoms with Crippen LogP contribution in [0.25, 0.3) is 0 Å². The fourth-order valence-electron chi connectivity index (χ4n) is 3.94. The Balaban J connectivity index is 1.95. The summed E-state index contributed by atoms with van der Waals surface area (Å²) >= 11 is 0. The second-order valence-corrected chi connectivity index (χ2v) is 7.59. The largest absolute Gasteiger partial charge is 0.493 e. The Bertz CT molecular complexity index is 936. The number of ether oxygens (including phenoxy) is 4. The molecule has 0 amide bonds. The number of nitrogens with one attached hydrogen (secondary N) is 1. The molecule has 0 aliphatic heterocycles. The van der Waals surface area contributed by atoms with Gasteiger partial charge in [0.15, 0.2) is 17.3 Å². The Hall–Kier alpha value is -2.96. The van der Waals surface area contributed by atoms with Crippen LogP contribution in [0.5, 0.6) is 17.2 Å². The average molecular weight is 415 g/mol. The van der Waals surface area contributed by atoms with Gasteiger partial charge in [0.25, 0.3) is 0 Å². The van der Waals surface area contributed by atoms with Gasteiger partial charge in [-0.3, -0.25) is 4.79 Å². The summed E-state index contributed by atoms with van der Waals surface area (Å²) in [6.45, 7) is 5.60. The van der Waals surface area contributed by atoms with Crippen molar-refractivity contribution in [1.29, 1.82) is 0 Å². The predicted octanol–water partition coefficient (Wildman–Crippen LogP) is 4.22. The third-order valence-corrected chi connectivity index (χ3v) is 5.73. The molecule has 1 aliphatic carbocycles. The molecule has 162 valence electrons. The van der Waals surface area contributed by atoms with Crippen molar-refractivity contribution in [3.05, 3.63) is 40.2 Å². The van der Waals surface area contributed by atoms with E-state index in [-0.39, 0.29) is 17.8 Å². The third-order valence-electron chi connectivity index (χ3n) is 5.73. The van der Waals surface area contributed by atoms with Crippen LogP contribution in [0.4, 0.5) is 0 Å². The zero-order valence-electron chi connectivity index (χ0n) is 18.4. The zero-order chi connectivity index (χ0) is 22.0. The molecule has 1 aromatic carbocycles. The van der Waals surface area contributed by atoms with E-state index in [1.165, 1.54) is 0 Å². The second kappa shape index (κ2) is 8.81. The molecule has 2 aromatic rings. The normalized spacial score (nSPS) is 16.6. The van der Waals surface area contributed by atoms with E-state index in [0.29, 0.717) is 46.9 Å². The predicted molar refractivity (Wildman–Crippen MR) is 112 cm³/mol. The van der Waals surface area contributed by atoms with Gasteiger partial charge in [0, 0.05) is 17.7 Å². The number of carbonyl (C=O) groups is 2. The van der Waals surface area contributed by atoms with E-state index in [4.69, 9.17) is 18.9 Å². The Kier molecular flexibility index (Phi) is 6.39. The van der Waals surface area contributed by atoms with Crippen molar-refractivity contribution in [2.75, 3.05) is 21.3 Å². The number of rotatable bonds is 7. The number of Topliss-reactive ketones (excluding diaryl/α,β-unsaturated/α-hetero) is 1. The van der Waals surface area contributed by atoms with E-state index in [1.807, 2.05) is 26.0 Å². The SMILES string of the molecule is CCC(C)OC(=O)c1[nH]c2c(c1C)C(=O)CC(c1cc(OC)c(OC)c(OC)c1)C2. The van der Waals surface area contributed by atoms with Crippen molar-refractivity contribution < 1.29 is 28.5 Å². The molecule has 2 atom stereocenters. The molecule has 0 saturated heterocycles. The van der Waals surface area contributed by atoms with E-state index in [2.05, 4.69) is 4.98 Å². The molecule has 1 N–H and O–H groups in total. The summed E-state index contributed by atoms with van der Waals surface area (Å²) in [5.74, 6) is 1.11. The van der Waals surface area contributed by atoms with Gasteiger partial charge in [-0.05, 0) is 55.9 Å². The quantitative estimate of drug-likeness (QED) is 0.682. The lowest BCUT2D eigenvalue weighted by atomic mass is 9.81. The van der Waals surface area contributed by atoms with Crippen molar-refractivity contribution in [2.45, 2.75) is 52.1 Å². The first-order chi connectivity index (χ1) is 14.3. The number of ketones is 1. The molecule has 7 heteroatoms. The summed E-state index contributed by atoms with van der Waals surface area (Å²) in [4.78, 5) is 28.7. The highest BCUT2D eigenvalue weighted by Gasteiger charge is 2.33. The molecule has 1 heterocycles. The van der Waals surface area contributed by atoms with Crippen LogP contribution in [0, 0.1) is 6.92 Å². The molecular formula is C23H29NO6. The van der Waals surface area contributed by atoms with Crippen molar-refractivity contribution in [3.63, 3.8) is 0 Å². The molecule has 2 unspecified atom stereocenters. The van der Waals surface area contributed by atoms with Crippen LogP contribution in [0.3, 0.4) is 0 Å². The topological polar surface area (TPSA) is 86.9 Å². The fraction of sp³-hybridized carbons (Fsp3) is 0.478. The van der Waals surface area contributed by atoms with Gasteiger partial charge in [-0.15, -0.1) is 0 Å². The Morgan fingerprint density at radius 3 is 2.30 bits per heavy atom. The Labute approximate surface area is 176 Å². The van der Waals surface area contributed by atoms with Gasteiger partial charge in [-0.1, -0.05) is 6.92 Å². The first-order valence-corrected chi connectivity index (χ1v) is 10.1. The number of benzene rings is 1. The molecule has 0 spiro atoms. The minimum Gasteiger partial charge on any atom is -0.493 e. The lowest BCUT2D eigenvalue weighted by molar-refractivity contribution is 0.0327. The maximum atomic E-state index is 13.0. The van der Waals surface area contributed by atoms with Crippen LogP contribution in [-0.4, -0.2) is 44.2 Å². The molecule has 0 saturated carbocycles. The van der Waals surface area contributed by atoms with Crippen molar-refractivity contribution in [2.24, 2.45) is 0 Å². The minimum absolute atomic E-state index is 0.00587. The summed E-state index contributed by atoms with van der Waals surface area (Å²) in [6.07, 6.45) is 1.48. The summed E-state index contributed by atoms with van der Waals surface area (Å²) in [5.41, 5.74) is 3.30. The van der Waals surface area contributed by atoms with Gasteiger partial charge in [0.2, 0.25) is 5.75 Å². The van der Waals surface area contributed by atoms with Gasteiger partial charge in [0.05, 0.1) is 27.4 Å². The van der Waals surface area contributed by atoms with Gasteiger partial charge >= 0.3 is 5.97 Å². The van der Waals surface area contributed by atoms with Crippen LogP contribution in [0.1, 0.15) is 70.3 Å². The lowest BCUT2D eigenvalue weighted by Crippen LogP contribution is -2.19. The van der Waals surface area contributed by atoms with Crippen molar-refractivity contribution >= 4 is 11.8 Å². The minimum atomic E-state index is -0.423. The number of aromatic nitrogens is 1. The van der Waals surface area contributed by atoms with E-state index in [1.54, 1.807) is 28.3 Å². The molecule has 30 heavy (non-hydrogen) atoms. The number of esters is 1. The molecule has 0 radical (unpaired) electrons. The second-order valence-electron chi connectivity index (χ2n) is 7.59. The van der Waals surface area contributed by atoms with Gasteiger partial charge in [-0.2, -0.15) is 0 Å². The van der Waals surface area contributed by atoms with Crippen LogP contribution in [-0.2, 0) is 11.2 Å². The number of H-pyrrole nitrogens is 1. The zero-order valence-corrected chi connectivity index (χ0v) is 18.4. The van der Waals surface area contributed by atoms with E-state index < -0.39 is 5.97 Å². The van der Waals surface area contributed by atoms with Crippen LogP contribution < -0.4 is 14.2 Å². The van der Waals surface area contributed by atoms with Crippen LogP contribution in [0.15, 0.2) is 12.1 Å². The monoisotopic (exact) mass is 415 g/mol. The van der Waals surface area contributed by atoms with Gasteiger partial charge < -0.3 is 23.9 Å². The summed E-state index contributed by atoms with van der Waals surface area (Å²) in [7, 11) is 4.68. The highest BCUT2D eigenvalue weighted by molar-refractivity contribution is 6.03. The highest BCUT2D eigenvalue weighted by Crippen LogP contribution is 2.43. The Morgan fingerprint density at radius 1 is 1.13 bits per heavy atom. The molecule has 1 aromatic heterocycles. The standard InChI is InChI=1S/C23H29NO6/c1-7-12(2)30-23(26)21-13(3)20-16(24-21)8-14(9-17(20)25)15-10-18(27-4)22(29-6)19(11-15)28-5/h10-12,14,24H,7-9H2,1-6H3. The van der Waals surface area contributed by atoms with E-state index >= 15 is 0 Å². The van der Waals surface area contributed by atoms with Crippen LogP contribution in [0.2, 0.25) is 0 Å². The van der Waals surface area contributed by atoms with Crippen molar-refractivity contribution in [1.82, 2.24) is 4.98 Å². The number of fused-ring (bicyclic) bond motifs is 1. The Morgan fingerprint density at radius 2 is 1.77 bits per heavy atom. The van der Waals surface area contributed by atoms with E-state index in [9.17, 15) is 9.59 Å². The molecule has 3 rings (SSSR count). The number of hydrogen-bond acceptors (Lipinski definition) is 6. The molecule has 0 bridgehead atoms. The number of hydrogen-bond donors (Lipinski definition) is 1. The first kappa shape index (κ1) is 21.7. The summed E-state index contributed by atoms with van der Waals surface area (Å²) in [5, 5.41) is 0. The average Bonchev–Trinajstić information content (AvgIpc) is 3.09. The molecule has 0 fully saturated rings. The van der Waals surface area contributed by atoms with Gasteiger partial charge in [-0.25, -0.2) is 4.79 Å². The molecular weight excluding hydrogens is 386 g/mol. The number of aromatic amines is 1. The van der Waals surface area contributed by atoms with E-state index in [0.717, 1.165) is 17.7 Å². The maximum Gasteiger partial charge on any atom is 0.355 e. The fourth-order valence-corrected chi connectivity index (χ4v) is 3.94. The highest BCUT2D eigenvalue weighted by atomic mass is 16.5.